The van der Waals surface area contributed by atoms with Crippen molar-refractivity contribution in [3.05, 3.63) is 132 Å². The van der Waals surface area contributed by atoms with Crippen LogP contribution in [-0.4, -0.2) is 43.6 Å². The molecule has 4 aromatic carbocycles. The zero-order valence-electron chi connectivity index (χ0n) is 23.6. The maximum atomic E-state index is 15.0. The number of ether oxygens (including phenoxy) is 2. The van der Waals surface area contributed by atoms with Crippen molar-refractivity contribution < 1.29 is 32.3 Å². The van der Waals surface area contributed by atoms with Crippen molar-refractivity contribution in [3.63, 3.8) is 0 Å². The van der Waals surface area contributed by atoms with Gasteiger partial charge in [-0.1, -0.05) is 0 Å². The summed E-state index contributed by atoms with van der Waals surface area (Å²) in [7, 11) is -4.78. The molecule has 0 atom stereocenters. The molecule has 43 heavy (non-hydrogen) atoms. The summed E-state index contributed by atoms with van der Waals surface area (Å²) in [6.45, 7) is -2.31. The van der Waals surface area contributed by atoms with Crippen LogP contribution in [0.2, 0.25) is 0 Å². The second kappa shape index (κ2) is 11.6. The van der Waals surface area contributed by atoms with Gasteiger partial charge in [-0.15, -0.1) is 0 Å². The minimum atomic E-state index is -5.26. The average molecular weight is 616 g/mol. The number of rotatable bonds is 9. The second-order valence-corrected chi connectivity index (χ2v) is 16.2. The van der Waals surface area contributed by atoms with E-state index >= 15 is 8.42 Å². The molecule has 1 heterocycles. The van der Waals surface area contributed by atoms with E-state index in [0.717, 1.165) is 4.08 Å². The third kappa shape index (κ3) is 4.22. The molecule has 1 aliphatic rings. The summed E-state index contributed by atoms with van der Waals surface area (Å²) in [4.78, 5) is 43.0. The monoisotopic (exact) mass is 615 g/mol. The molecule has 0 saturated carbocycles. The number of sulfonamides is 1. The predicted molar refractivity (Wildman–Crippen MR) is 166 cm³/mol. The second-order valence-electron chi connectivity index (χ2n) is 9.61. The Morgan fingerprint density at radius 2 is 1.00 bits per heavy atom. The topological polar surface area (TPSA) is 107 Å². The van der Waals surface area contributed by atoms with E-state index < -0.39 is 40.2 Å². The molecule has 0 unspecified atom stereocenters. The summed E-state index contributed by atoms with van der Waals surface area (Å²) >= 11 is 0. The van der Waals surface area contributed by atoms with Crippen LogP contribution in [-0.2, 0) is 33.9 Å². The van der Waals surface area contributed by atoms with Crippen molar-refractivity contribution in [2.24, 2.45) is 0 Å². The van der Waals surface area contributed by atoms with Gasteiger partial charge in [0.05, 0.1) is 0 Å². The fourth-order valence-electron chi connectivity index (χ4n) is 5.87. The first kappa shape index (κ1) is 29.9. The molecule has 1 amide bonds. The van der Waals surface area contributed by atoms with Crippen LogP contribution in [0.1, 0.15) is 13.8 Å². The summed E-state index contributed by atoms with van der Waals surface area (Å²) < 4.78 is 41.8. The Kier molecular flexibility index (Phi) is 8.06. The van der Waals surface area contributed by atoms with Gasteiger partial charge in [0.15, 0.2) is 0 Å². The molecule has 8 nitrogen and oxygen atoms in total. The van der Waals surface area contributed by atoms with Crippen LogP contribution in [0.3, 0.4) is 0 Å². The van der Waals surface area contributed by atoms with Gasteiger partial charge in [0.1, 0.15) is 0 Å². The van der Waals surface area contributed by atoms with Crippen LogP contribution in [0.15, 0.2) is 137 Å². The normalized spacial score (nSPS) is 16.7. The molecule has 0 aliphatic carbocycles. The van der Waals surface area contributed by atoms with E-state index in [-0.39, 0.29) is 23.4 Å². The van der Waals surface area contributed by atoms with Gasteiger partial charge in [0.25, 0.3) is 0 Å². The van der Waals surface area contributed by atoms with E-state index in [1.54, 1.807) is 123 Å². The molecule has 220 valence electrons. The van der Waals surface area contributed by atoms with E-state index in [1.165, 1.54) is 12.1 Å². The van der Waals surface area contributed by atoms with Crippen LogP contribution in [0, 0.1) is 0 Å². The molecule has 0 aromatic heterocycles. The number of esters is 2. The Hall–Kier alpha value is -4.59. The summed E-state index contributed by atoms with van der Waals surface area (Å²) in [5.41, 5.74) is -0.672. The van der Waals surface area contributed by atoms with Gasteiger partial charge >= 0.3 is 251 Å². The summed E-state index contributed by atoms with van der Waals surface area (Å²) in [6.07, 6.45) is 0. The molecule has 0 fully saturated rings. The van der Waals surface area contributed by atoms with E-state index in [2.05, 4.69) is 0 Å². The summed E-state index contributed by atoms with van der Waals surface area (Å²) in [5.74, 6) is -3.27. The Balaban J connectivity index is 2.18. The average Bonchev–Trinajstić information content (AvgIpc) is 3.31. The van der Waals surface area contributed by atoms with Crippen molar-refractivity contribution in [1.29, 1.82) is 0 Å². The number of carbonyl (C=O) groups is 3. The predicted octanol–water partition coefficient (Wildman–Crippen LogP) is 4.04. The van der Waals surface area contributed by atoms with Gasteiger partial charge in [-0.2, -0.15) is 0 Å². The molecule has 0 spiro atoms. The van der Waals surface area contributed by atoms with Crippen LogP contribution in [0.4, 0.5) is 0 Å². The Bertz CT molecular complexity index is 1710. The molecular formula is C33H30NO7PS. The standard InChI is InChI=1S/C33H30NO7PS/c1-3-40-32(36)29-30(33(37)41-4-2)42(25-17-9-5-10-18-25,26-19-11-6-12-20-26,27-21-13-7-14-22-27)34(31(29)35)43(38,39)28-23-15-8-16-24-28/h5-24H,3-4H2,1-2H3. The number of benzene rings is 4. The molecule has 0 radical (unpaired) electrons. The molecule has 0 bridgehead atoms. The van der Waals surface area contributed by atoms with E-state index in [0.29, 0.717) is 15.9 Å². The SMILES string of the molecule is CCOC(=O)C1=C(C(=O)OCC)P(c2ccccc2)(c2ccccc2)(c2ccccc2)N(S(=O)(=O)c2ccccc2)C1=O. The van der Waals surface area contributed by atoms with E-state index in [1.807, 2.05) is 0 Å². The molecular weight excluding hydrogens is 585 g/mol. The zero-order chi connectivity index (χ0) is 30.7. The number of hydrogen-bond donors (Lipinski definition) is 0. The number of nitrogens with zero attached hydrogens (tertiary/aromatic N) is 1. The van der Waals surface area contributed by atoms with Crippen molar-refractivity contribution in [3.8, 4) is 0 Å². The van der Waals surface area contributed by atoms with Crippen LogP contribution >= 0.6 is 6.75 Å². The van der Waals surface area contributed by atoms with Crippen LogP contribution < -0.4 is 15.9 Å². The number of carbonyl (C=O) groups excluding carboxylic acids is 3. The Labute approximate surface area is 250 Å². The van der Waals surface area contributed by atoms with Crippen LogP contribution in [0.25, 0.3) is 0 Å². The number of amides is 1. The third-order valence-corrected chi connectivity index (χ3v) is 16.6. The van der Waals surface area contributed by atoms with Gasteiger partial charge in [0, 0.05) is 0 Å². The first-order valence-electron chi connectivity index (χ1n) is 13.7. The van der Waals surface area contributed by atoms with Gasteiger partial charge in [0.2, 0.25) is 0 Å². The minimum absolute atomic E-state index is 0.0943. The van der Waals surface area contributed by atoms with Crippen molar-refractivity contribution in [1.82, 2.24) is 4.08 Å². The molecule has 1 aliphatic heterocycles. The molecule has 0 N–H and O–H groups in total. The zero-order valence-corrected chi connectivity index (χ0v) is 25.3. The first-order valence-corrected chi connectivity index (χ1v) is 17.3. The fraction of sp³-hybridized carbons (Fsp3) is 0.121. The molecule has 0 saturated heterocycles. The van der Waals surface area contributed by atoms with Crippen molar-refractivity contribution in [2.45, 2.75) is 18.7 Å². The van der Waals surface area contributed by atoms with Crippen LogP contribution in [0.5, 0.6) is 0 Å². The van der Waals surface area contributed by atoms with Crippen molar-refractivity contribution in [2.75, 3.05) is 13.2 Å². The van der Waals surface area contributed by atoms with Gasteiger partial charge in [-0.3, -0.25) is 0 Å². The van der Waals surface area contributed by atoms with Gasteiger partial charge < -0.3 is 0 Å². The Morgan fingerprint density at radius 3 is 1.40 bits per heavy atom. The van der Waals surface area contributed by atoms with Gasteiger partial charge in [-0.05, 0) is 0 Å². The Morgan fingerprint density at radius 1 is 0.628 bits per heavy atom. The molecule has 10 heteroatoms. The quantitative estimate of drug-likeness (QED) is 0.159. The third-order valence-electron chi connectivity index (χ3n) is 7.42. The van der Waals surface area contributed by atoms with E-state index in [4.69, 9.17) is 9.47 Å². The summed E-state index contributed by atoms with van der Waals surface area (Å²) in [5, 5.41) is 0.697. The number of hydrogen-bond acceptors (Lipinski definition) is 7. The van der Waals surface area contributed by atoms with Gasteiger partial charge in [-0.25, -0.2) is 0 Å². The fourth-order valence-corrected chi connectivity index (χ4v) is 16.2. The maximum absolute atomic E-state index is 15.0. The molecule has 4 aromatic rings. The van der Waals surface area contributed by atoms with E-state index in [9.17, 15) is 14.4 Å². The molecule has 5 rings (SSSR count). The summed E-state index contributed by atoms with van der Waals surface area (Å²) in [6, 6.07) is 33.1. The first-order chi connectivity index (χ1) is 20.8. The van der Waals surface area contributed by atoms with Crippen molar-refractivity contribution >= 4 is 50.5 Å².